The summed E-state index contributed by atoms with van der Waals surface area (Å²) in [6, 6.07) is 3.81. The first kappa shape index (κ1) is 9.53. The highest BCUT2D eigenvalue weighted by Gasteiger charge is 2.17. The lowest BCUT2D eigenvalue weighted by atomic mass is 9.86. The smallest absolute Gasteiger partial charge is 0.119 e. The number of hydrogen-bond acceptors (Lipinski definition) is 2. The van der Waals surface area contributed by atoms with Crippen LogP contribution in [-0.4, -0.2) is 5.11 Å². The average Bonchev–Trinajstić information content (AvgIpc) is 2.18. The highest BCUT2D eigenvalue weighted by atomic mass is 16.3. The Morgan fingerprint density at radius 3 is 2.50 bits per heavy atom. The van der Waals surface area contributed by atoms with Crippen LogP contribution in [0.25, 0.3) is 0 Å². The van der Waals surface area contributed by atoms with Gasteiger partial charge in [0.25, 0.3) is 0 Å². The van der Waals surface area contributed by atoms with Crippen LogP contribution < -0.4 is 5.73 Å². The van der Waals surface area contributed by atoms with Gasteiger partial charge in [0.1, 0.15) is 5.75 Å². The summed E-state index contributed by atoms with van der Waals surface area (Å²) in [7, 11) is 0. The summed E-state index contributed by atoms with van der Waals surface area (Å²) in [5, 5.41) is 9.72. The van der Waals surface area contributed by atoms with Gasteiger partial charge < -0.3 is 10.8 Å². The van der Waals surface area contributed by atoms with Crippen LogP contribution in [0.15, 0.2) is 12.1 Å². The van der Waals surface area contributed by atoms with Crippen molar-refractivity contribution in [2.75, 3.05) is 0 Å². The molecule has 0 aromatic heterocycles. The third-order valence-corrected chi connectivity index (χ3v) is 3.04. The summed E-state index contributed by atoms with van der Waals surface area (Å²) < 4.78 is 0. The summed E-state index contributed by atoms with van der Waals surface area (Å²) in [4.78, 5) is 0. The van der Waals surface area contributed by atoms with Gasteiger partial charge in [0, 0.05) is 6.04 Å². The van der Waals surface area contributed by atoms with Crippen molar-refractivity contribution in [3.05, 3.63) is 28.8 Å². The number of aromatic hydroxyl groups is 1. The third kappa shape index (κ3) is 1.50. The highest BCUT2D eigenvalue weighted by Crippen LogP contribution is 2.33. The molecule has 2 rings (SSSR count). The fourth-order valence-electron chi connectivity index (χ4n) is 2.30. The van der Waals surface area contributed by atoms with E-state index in [1.807, 2.05) is 13.0 Å². The summed E-state index contributed by atoms with van der Waals surface area (Å²) in [5.74, 6) is 0.448. The SMILES string of the molecule is CC(N)c1ccc(O)c2c1CCCC2. The van der Waals surface area contributed by atoms with Crippen molar-refractivity contribution in [3.8, 4) is 5.75 Å². The molecule has 0 saturated carbocycles. The number of nitrogens with two attached hydrogens (primary N) is 1. The van der Waals surface area contributed by atoms with Crippen LogP contribution in [0.5, 0.6) is 5.75 Å². The van der Waals surface area contributed by atoms with Gasteiger partial charge in [0.05, 0.1) is 0 Å². The molecule has 0 fully saturated rings. The van der Waals surface area contributed by atoms with E-state index >= 15 is 0 Å². The molecule has 0 heterocycles. The lowest BCUT2D eigenvalue weighted by Gasteiger charge is -2.22. The van der Waals surface area contributed by atoms with Gasteiger partial charge >= 0.3 is 0 Å². The van der Waals surface area contributed by atoms with Gasteiger partial charge in [-0.3, -0.25) is 0 Å². The van der Waals surface area contributed by atoms with Crippen molar-refractivity contribution in [1.82, 2.24) is 0 Å². The molecule has 3 N–H and O–H groups in total. The van der Waals surface area contributed by atoms with Gasteiger partial charge in [-0.15, -0.1) is 0 Å². The first-order valence-electron chi connectivity index (χ1n) is 5.29. The molecule has 2 nitrogen and oxygen atoms in total. The van der Waals surface area contributed by atoms with Crippen molar-refractivity contribution in [3.63, 3.8) is 0 Å². The Morgan fingerprint density at radius 2 is 1.86 bits per heavy atom. The Morgan fingerprint density at radius 1 is 1.21 bits per heavy atom. The molecule has 76 valence electrons. The Hall–Kier alpha value is -1.02. The minimum absolute atomic E-state index is 0.0717. The molecule has 1 atom stereocenters. The Kier molecular flexibility index (Phi) is 2.46. The Labute approximate surface area is 84.7 Å². The predicted octanol–water partition coefficient (Wildman–Crippen LogP) is 2.29. The molecule has 0 spiro atoms. The van der Waals surface area contributed by atoms with E-state index in [1.165, 1.54) is 24.0 Å². The number of phenolic OH excluding ortho intramolecular Hbond substituents is 1. The third-order valence-electron chi connectivity index (χ3n) is 3.04. The topological polar surface area (TPSA) is 46.2 Å². The quantitative estimate of drug-likeness (QED) is 0.715. The maximum Gasteiger partial charge on any atom is 0.119 e. The zero-order valence-corrected chi connectivity index (χ0v) is 8.59. The zero-order chi connectivity index (χ0) is 10.1. The molecule has 1 aromatic rings. The van der Waals surface area contributed by atoms with Crippen LogP contribution in [-0.2, 0) is 12.8 Å². The van der Waals surface area contributed by atoms with Gasteiger partial charge in [-0.1, -0.05) is 6.07 Å². The van der Waals surface area contributed by atoms with E-state index in [2.05, 4.69) is 0 Å². The second-order valence-electron chi connectivity index (χ2n) is 4.13. The van der Waals surface area contributed by atoms with E-state index in [4.69, 9.17) is 5.73 Å². The number of benzene rings is 1. The second-order valence-corrected chi connectivity index (χ2v) is 4.13. The molecule has 1 aromatic carbocycles. The van der Waals surface area contributed by atoms with Crippen molar-refractivity contribution < 1.29 is 5.11 Å². The minimum atomic E-state index is 0.0717. The summed E-state index contributed by atoms with van der Waals surface area (Å²) >= 11 is 0. The van der Waals surface area contributed by atoms with Gasteiger partial charge in [0.15, 0.2) is 0 Å². The van der Waals surface area contributed by atoms with E-state index in [1.54, 1.807) is 6.07 Å². The second kappa shape index (κ2) is 3.62. The lowest BCUT2D eigenvalue weighted by Crippen LogP contribution is -2.13. The normalized spacial score (nSPS) is 17.6. The first-order chi connectivity index (χ1) is 6.70. The van der Waals surface area contributed by atoms with Crippen LogP contribution in [0.2, 0.25) is 0 Å². The number of fused-ring (bicyclic) bond motifs is 1. The Bertz CT molecular complexity index is 344. The molecule has 2 heteroatoms. The summed E-state index contributed by atoms with van der Waals surface area (Å²) in [5.41, 5.74) is 9.54. The maximum absolute atomic E-state index is 9.72. The van der Waals surface area contributed by atoms with Crippen LogP contribution in [0, 0.1) is 0 Å². The van der Waals surface area contributed by atoms with Crippen molar-refractivity contribution in [2.24, 2.45) is 5.73 Å². The number of phenols is 1. The van der Waals surface area contributed by atoms with E-state index in [0.29, 0.717) is 5.75 Å². The van der Waals surface area contributed by atoms with E-state index in [-0.39, 0.29) is 6.04 Å². The van der Waals surface area contributed by atoms with Crippen molar-refractivity contribution in [1.29, 1.82) is 0 Å². The monoisotopic (exact) mass is 191 g/mol. The molecule has 0 saturated heterocycles. The number of hydrogen-bond donors (Lipinski definition) is 2. The van der Waals surface area contributed by atoms with Gasteiger partial charge in [-0.2, -0.15) is 0 Å². The van der Waals surface area contributed by atoms with Gasteiger partial charge in [-0.25, -0.2) is 0 Å². The maximum atomic E-state index is 9.72. The summed E-state index contributed by atoms with van der Waals surface area (Å²) in [6.07, 6.45) is 4.47. The zero-order valence-electron chi connectivity index (χ0n) is 8.59. The molecule has 1 unspecified atom stereocenters. The molecule has 14 heavy (non-hydrogen) atoms. The average molecular weight is 191 g/mol. The molecule has 1 aliphatic rings. The fourth-order valence-corrected chi connectivity index (χ4v) is 2.30. The molecule has 0 bridgehead atoms. The van der Waals surface area contributed by atoms with E-state index < -0.39 is 0 Å². The molecule has 0 amide bonds. The Balaban J connectivity index is 2.53. The van der Waals surface area contributed by atoms with Crippen LogP contribution in [0.4, 0.5) is 0 Å². The van der Waals surface area contributed by atoms with Gasteiger partial charge in [0.2, 0.25) is 0 Å². The fraction of sp³-hybridized carbons (Fsp3) is 0.500. The van der Waals surface area contributed by atoms with Crippen LogP contribution in [0.3, 0.4) is 0 Å². The van der Waals surface area contributed by atoms with Crippen molar-refractivity contribution >= 4 is 0 Å². The van der Waals surface area contributed by atoms with E-state index in [9.17, 15) is 5.11 Å². The standard InChI is InChI=1S/C12H17NO/c1-8(13)9-6-7-12(14)11-5-3-2-4-10(9)11/h6-8,14H,2-5,13H2,1H3. The predicted molar refractivity (Wildman–Crippen MR) is 57.4 cm³/mol. The molecule has 0 aliphatic heterocycles. The summed E-state index contributed by atoms with van der Waals surface area (Å²) in [6.45, 7) is 2.00. The molecule has 0 radical (unpaired) electrons. The highest BCUT2D eigenvalue weighted by molar-refractivity contribution is 5.46. The van der Waals surface area contributed by atoms with Gasteiger partial charge in [-0.05, 0) is 55.4 Å². The number of rotatable bonds is 1. The van der Waals surface area contributed by atoms with Crippen LogP contribution in [0.1, 0.15) is 42.5 Å². The first-order valence-corrected chi connectivity index (χ1v) is 5.29. The molecular formula is C12H17NO. The molecule has 1 aliphatic carbocycles. The minimum Gasteiger partial charge on any atom is -0.508 e. The van der Waals surface area contributed by atoms with E-state index in [0.717, 1.165) is 18.4 Å². The lowest BCUT2D eigenvalue weighted by molar-refractivity contribution is 0.461. The largest absolute Gasteiger partial charge is 0.508 e. The molecular weight excluding hydrogens is 174 g/mol. The van der Waals surface area contributed by atoms with Crippen molar-refractivity contribution in [2.45, 2.75) is 38.6 Å². The van der Waals surface area contributed by atoms with Crippen LogP contribution >= 0.6 is 0 Å².